The summed E-state index contributed by atoms with van der Waals surface area (Å²) in [4.78, 5) is 41.9. The van der Waals surface area contributed by atoms with E-state index >= 15 is 0 Å². The van der Waals surface area contributed by atoms with Crippen LogP contribution in [-0.4, -0.2) is 49.3 Å². The first-order chi connectivity index (χ1) is 17.5. The van der Waals surface area contributed by atoms with Crippen LogP contribution in [0.3, 0.4) is 0 Å². The Balaban J connectivity index is 1.33. The van der Waals surface area contributed by atoms with Crippen molar-refractivity contribution in [2.75, 3.05) is 42.2 Å². The molecule has 7 heteroatoms. The number of nitrogens with one attached hydrogen (secondary N) is 2. The second-order valence-corrected chi connectivity index (χ2v) is 8.97. The van der Waals surface area contributed by atoms with Crippen LogP contribution in [0.1, 0.15) is 46.4 Å². The number of carbonyl (C=O) groups is 3. The molecule has 0 aliphatic carbocycles. The van der Waals surface area contributed by atoms with Crippen LogP contribution in [0.2, 0.25) is 0 Å². The minimum Gasteiger partial charge on any atom is -0.376 e. The Hall–Kier alpha value is -4.13. The number of anilines is 3. The average Bonchev–Trinajstić information content (AvgIpc) is 3.21. The zero-order chi connectivity index (χ0) is 25.3. The van der Waals surface area contributed by atoms with Gasteiger partial charge in [0.25, 0.3) is 11.8 Å². The van der Waals surface area contributed by atoms with E-state index in [1.165, 1.54) is 0 Å². The molecule has 186 valence electrons. The number of para-hydroxylation sites is 1. The van der Waals surface area contributed by atoms with Crippen molar-refractivity contribution < 1.29 is 14.4 Å². The molecule has 0 saturated carbocycles. The van der Waals surface area contributed by atoms with Gasteiger partial charge in [-0.15, -0.1) is 0 Å². The van der Waals surface area contributed by atoms with E-state index in [2.05, 4.69) is 10.6 Å². The maximum atomic E-state index is 12.9. The highest BCUT2D eigenvalue weighted by atomic mass is 16.2. The summed E-state index contributed by atoms with van der Waals surface area (Å²) in [6.45, 7) is 1.58. The molecule has 1 heterocycles. The Labute approximate surface area is 212 Å². The molecule has 1 aliphatic rings. The summed E-state index contributed by atoms with van der Waals surface area (Å²) in [5, 5.41) is 5.93. The Morgan fingerprint density at radius 1 is 0.778 bits per heavy atom. The molecule has 0 unspecified atom stereocenters. The maximum Gasteiger partial charge on any atom is 0.258 e. The van der Waals surface area contributed by atoms with Crippen LogP contribution in [0, 0.1) is 0 Å². The zero-order valence-corrected chi connectivity index (χ0v) is 20.6. The van der Waals surface area contributed by atoms with Gasteiger partial charge in [-0.2, -0.15) is 0 Å². The van der Waals surface area contributed by atoms with Gasteiger partial charge < -0.3 is 20.4 Å². The summed E-state index contributed by atoms with van der Waals surface area (Å²) in [5.41, 5.74) is 3.15. The minimum atomic E-state index is -0.243. The summed E-state index contributed by atoms with van der Waals surface area (Å²) in [6, 6.07) is 23.6. The number of benzene rings is 3. The number of hydrogen-bond donors (Lipinski definition) is 2. The van der Waals surface area contributed by atoms with Gasteiger partial charge in [-0.05, 0) is 61.4 Å². The number of likely N-dealkylation sites (tertiary alicyclic amines) is 1. The van der Waals surface area contributed by atoms with Crippen molar-refractivity contribution in [3.05, 3.63) is 90.0 Å². The van der Waals surface area contributed by atoms with E-state index in [1.807, 2.05) is 41.3 Å². The number of amides is 3. The molecule has 1 aliphatic heterocycles. The third-order valence-electron chi connectivity index (χ3n) is 6.30. The van der Waals surface area contributed by atoms with Crippen molar-refractivity contribution >= 4 is 34.8 Å². The molecule has 2 N–H and O–H groups in total. The molecule has 0 spiro atoms. The van der Waals surface area contributed by atoms with Gasteiger partial charge in [0.1, 0.15) is 0 Å². The summed E-state index contributed by atoms with van der Waals surface area (Å²) in [5.74, 6) is -0.374. The third kappa shape index (κ3) is 6.50. The maximum absolute atomic E-state index is 12.9. The molecule has 0 aromatic heterocycles. The molecule has 0 atom stereocenters. The number of nitrogens with zero attached hydrogens (tertiary/aromatic N) is 2. The first kappa shape index (κ1) is 25.0. The number of rotatable bonds is 7. The van der Waals surface area contributed by atoms with Gasteiger partial charge in [0.15, 0.2) is 0 Å². The normalized spacial score (nSPS) is 13.4. The summed E-state index contributed by atoms with van der Waals surface area (Å²) in [6.07, 6.45) is 4.38. The first-order valence-electron chi connectivity index (χ1n) is 12.4. The lowest BCUT2D eigenvalue weighted by Crippen LogP contribution is -2.31. The van der Waals surface area contributed by atoms with Gasteiger partial charge in [0.05, 0.1) is 6.54 Å². The highest BCUT2D eigenvalue weighted by Gasteiger charge is 2.18. The molecule has 3 aromatic carbocycles. The van der Waals surface area contributed by atoms with Crippen LogP contribution >= 0.6 is 0 Å². The molecule has 4 rings (SSSR count). The van der Waals surface area contributed by atoms with Crippen LogP contribution in [0.25, 0.3) is 0 Å². The lowest BCUT2D eigenvalue weighted by Gasteiger charge is -2.20. The molecule has 36 heavy (non-hydrogen) atoms. The lowest BCUT2D eigenvalue weighted by molar-refractivity contribution is -0.114. The molecule has 7 nitrogen and oxygen atoms in total. The average molecular weight is 485 g/mol. The van der Waals surface area contributed by atoms with Crippen molar-refractivity contribution in [1.29, 1.82) is 0 Å². The fraction of sp³-hybridized carbons (Fsp3) is 0.276. The second-order valence-electron chi connectivity index (χ2n) is 8.97. The van der Waals surface area contributed by atoms with E-state index in [0.717, 1.165) is 44.5 Å². The number of carbonyl (C=O) groups excluding carboxylic acids is 3. The van der Waals surface area contributed by atoms with E-state index in [1.54, 1.807) is 54.4 Å². The van der Waals surface area contributed by atoms with Gasteiger partial charge in [0.2, 0.25) is 5.91 Å². The standard InChI is InChI=1S/C29H32N4O3/c1-32(26-15-5-4-6-16-26)28(35)22-11-9-13-24(19-22)30-21-27(34)31-25-14-10-12-23(20-25)29(36)33-17-7-2-3-8-18-33/h4-6,9-16,19-20,30H,2-3,7-8,17-18,21H2,1H3,(H,31,34). The van der Waals surface area contributed by atoms with Crippen molar-refractivity contribution in [3.8, 4) is 0 Å². The molecule has 0 bridgehead atoms. The van der Waals surface area contributed by atoms with Crippen LogP contribution < -0.4 is 15.5 Å². The Kier molecular flexibility index (Phi) is 8.34. The van der Waals surface area contributed by atoms with Gasteiger partial charge in [0, 0.05) is 48.3 Å². The number of hydrogen-bond acceptors (Lipinski definition) is 4. The SMILES string of the molecule is CN(C(=O)c1cccc(NCC(=O)Nc2cccc(C(=O)N3CCCCCC3)c2)c1)c1ccccc1. The fourth-order valence-corrected chi connectivity index (χ4v) is 4.30. The van der Waals surface area contributed by atoms with Crippen molar-refractivity contribution in [3.63, 3.8) is 0 Å². The van der Waals surface area contributed by atoms with E-state index < -0.39 is 0 Å². The molecule has 1 fully saturated rings. The Morgan fingerprint density at radius 2 is 1.42 bits per heavy atom. The summed E-state index contributed by atoms with van der Waals surface area (Å²) >= 11 is 0. The summed E-state index contributed by atoms with van der Waals surface area (Å²) in [7, 11) is 1.73. The minimum absolute atomic E-state index is 0.00748. The third-order valence-corrected chi connectivity index (χ3v) is 6.30. The largest absolute Gasteiger partial charge is 0.376 e. The van der Waals surface area contributed by atoms with E-state index in [9.17, 15) is 14.4 Å². The topological polar surface area (TPSA) is 81.8 Å². The Bertz CT molecular complexity index is 1200. The smallest absolute Gasteiger partial charge is 0.258 e. The lowest BCUT2D eigenvalue weighted by atomic mass is 10.1. The molecule has 1 saturated heterocycles. The van der Waals surface area contributed by atoms with E-state index in [0.29, 0.717) is 22.5 Å². The second kappa shape index (κ2) is 12.0. The fourth-order valence-electron chi connectivity index (χ4n) is 4.30. The zero-order valence-electron chi connectivity index (χ0n) is 20.6. The monoisotopic (exact) mass is 484 g/mol. The first-order valence-corrected chi connectivity index (χ1v) is 12.4. The highest BCUT2D eigenvalue weighted by Crippen LogP contribution is 2.19. The molecule has 0 radical (unpaired) electrons. The van der Waals surface area contributed by atoms with Crippen LogP contribution in [0.4, 0.5) is 17.1 Å². The van der Waals surface area contributed by atoms with Crippen LogP contribution in [0.15, 0.2) is 78.9 Å². The van der Waals surface area contributed by atoms with Crippen LogP contribution in [0.5, 0.6) is 0 Å². The molecular formula is C29H32N4O3. The quantitative estimate of drug-likeness (QED) is 0.493. The Morgan fingerprint density at radius 3 is 2.14 bits per heavy atom. The van der Waals surface area contributed by atoms with Gasteiger partial charge in [-0.1, -0.05) is 43.2 Å². The van der Waals surface area contributed by atoms with E-state index in [4.69, 9.17) is 0 Å². The van der Waals surface area contributed by atoms with Crippen molar-refractivity contribution in [2.24, 2.45) is 0 Å². The predicted octanol–water partition coefficient (Wildman–Crippen LogP) is 5.03. The summed E-state index contributed by atoms with van der Waals surface area (Å²) < 4.78 is 0. The molecule has 3 aromatic rings. The van der Waals surface area contributed by atoms with Crippen LogP contribution in [-0.2, 0) is 4.79 Å². The predicted molar refractivity (Wildman–Crippen MR) is 144 cm³/mol. The molecular weight excluding hydrogens is 452 g/mol. The van der Waals surface area contributed by atoms with E-state index in [-0.39, 0.29) is 24.3 Å². The van der Waals surface area contributed by atoms with Crippen molar-refractivity contribution in [2.45, 2.75) is 25.7 Å². The van der Waals surface area contributed by atoms with Gasteiger partial charge in [-0.3, -0.25) is 14.4 Å². The van der Waals surface area contributed by atoms with Gasteiger partial charge in [-0.25, -0.2) is 0 Å². The van der Waals surface area contributed by atoms with Crippen molar-refractivity contribution in [1.82, 2.24) is 4.90 Å². The van der Waals surface area contributed by atoms with Gasteiger partial charge >= 0.3 is 0 Å². The molecule has 3 amide bonds. The highest BCUT2D eigenvalue weighted by molar-refractivity contribution is 6.06.